The molecule has 0 aromatic carbocycles. The highest BCUT2D eigenvalue weighted by atomic mass is 32.2. The Labute approximate surface area is 151 Å². The van der Waals surface area contributed by atoms with Crippen molar-refractivity contribution in [3.63, 3.8) is 0 Å². The van der Waals surface area contributed by atoms with E-state index in [1.165, 1.54) is 32.1 Å². The molecule has 0 amide bonds. The Morgan fingerprint density at radius 2 is 1.80 bits per heavy atom. The molecule has 25 heavy (non-hydrogen) atoms. The lowest BCUT2D eigenvalue weighted by Crippen LogP contribution is -2.42. The molecule has 0 saturated heterocycles. The number of hydrogen-bond acceptors (Lipinski definition) is 4. The van der Waals surface area contributed by atoms with Crippen molar-refractivity contribution in [1.82, 2.24) is 0 Å². The van der Waals surface area contributed by atoms with Crippen molar-refractivity contribution in [3.8, 4) is 0 Å². The quantitative estimate of drug-likeness (QED) is 0.743. The Balaban J connectivity index is 0.000000157. The number of Topliss-reactive ketones (excluding diaryl/α,β-unsaturated/α-hetero) is 1. The van der Waals surface area contributed by atoms with E-state index in [9.17, 15) is 13.2 Å². The minimum absolute atomic E-state index is 0.0152. The van der Waals surface area contributed by atoms with E-state index in [4.69, 9.17) is 10.3 Å². The van der Waals surface area contributed by atoms with Gasteiger partial charge in [-0.25, -0.2) is 0 Å². The fourth-order valence-electron chi connectivity index (χ4n) is 6.22. The number of carbonyl (C=O) groups excluding carboxylic acids is 1. The number of carbonyl (C=O) groups is 1. The van der Waals surface area contributed by atoms with Crippen molar-refractivity contribution in [1.29, 1.82) is 0 Å². The van der Waals surface area contributed by atoms with E-state index in [0.29, 0.717) is 12.8 Å². The highest BCUT2D eigenvalue weighted by Crippen LogP contribution is 2.64. The smallest absolute Gasteiger partial charge is 0.265 e. The van der Waals surface area contributed by atoms with Crippen LogP contribution in [0, 0.1) is 34.5 Å². The molecule has 144 valence electrons. The average molecular weight is 372 g/mol. The van der Waals surface area contributed by atoms with Crippen LogP contribution in [0.4, 0.5) is 0 Å². The summed E-state index contributed by atoms with van der Waals surface area (Å²) in [6.07, 6.45) is 9.38. The Morgan fingerprint density at radius 1 is 1.16 bits per heavy atom. The van der Waals surface area contributed by atoms with Gasteiger partial charge in [0.05, 0.1) is 11.2 Å². The zero-order chi connectivity index (χ0) is 18.5. The van der Waals surface area contributed by atoms with E-state index in [2.05, 4.69) is 0 Å². The molecule has 0 aromatic rings. The minimum Gasteiger partial charge on any atom is -0.330 e. The van der Waals surface area contributed by atoms with Gasteiger partial charge in [0.25, 0.3) is 10.1 Å². The van der Waals surface area contributed by atoms with Gasteiger partial charge < -0.3 is 5.73 Å². The van der Waals surface area contributed by atoms with Gasteiger partial charge in [0, 0.05) is 6.42 Å². The molecule has 5 aliphatic carbocycles. The summed E-state index contributed by atoms with van der Waals surface area (Å²) in [6.45, 7) is 4.84. The topological polar surface area (TPSA) is 97.5 Å². The molecular formula is C19H33NO4S. The van der Waals surface area contributed by atoms with Crippen LogP contribution in [0.25, 0.3) is 0 Å². The van der Waals surface area contributed by atoms with Gasteiger partial charge in [-0.05, 0) is 67.7 Å². The molecule has 5 fully saturated rings. The van der Waals surface area contributed by atoms with Gasteiger partial charge in [-0.2, -0.15) is 8.42 Å². The third-order valence-corrected chi connectivity index (χ3v) is 8.92. The first kappa shape index (κ1) is 19.3. The van der Waals surface area contributed by atoms with Crippen molar-refractivity contribution < 1.29 is 17.8 Å². The van der Waals surface area contributed by atoms with Crippen molar-refractivity contribution in [2.45, 2.75) is 65.2 Å². The summed E-state index contributed by atoms with van der Waals surface area (Å²) >= 11 is 0. The molecule has 3 unspecified atom stereocenters. The second-order valence-corrected chi connectivity index (χ2v) is 10.9. The number of ketones is 1. The van der Waals surface area contributed by atoms with Gasteiger partial charge in [-0.3, -0.25) is 9.35 Å². The van der Waals surface area contributed by atoms with Crippen LogP contribution in [0.2, 0.25) is 0 Å². The van der Waals surface area contributed by atoms with Gasteiger partial charge in [0.15, 0.2) is 0 Å². The molecule has 3 atom stereocenters. The lowest BCUT2D eigenvalue weighted by atomic mass is 9.65. The molecule has 0 spiro atoms. The molecule has 4 bridgehead atoms. The normalized spacial score (nSPS) is 41.5. The van der Waals surface area contributed by atoms with E-state index < -0.39 is 21.3 Å². The summed E-state index contributed by atoms with van der Waals surface area (Å²) in [6, 6.07) is 0. The van der Waals surface area contributed by atoms with Crippen molar-refractivity contribution in [3.05, 3.63) is 0 Å². The van der Waals surface area contributed by atoms with Gasteiger partial charge in [-0.15, -0.1) is 0 Å². The maximum atomic E-state index is 11.9. The summed E-state index contributed by atoms with van der Waals surface area (Å²) in [5.41, 5.74) is 4.57. The first-order chi connectivity index (χ1) is 11.6. The van der Waals surface area contributed by atoms with E-state index in [0.717, 1.165) is 30.7 Å². The Hall–Kier alpha value is -0.460. The Bertz CT molecular complexity index is 621. The second kappa shape index (κ2) is 6.61. The van der Waals surface area contributed by atoms with Crippen molar-refractivity contribution >= 4 is 15.9 Å². The molecule has 0 aromatic heterocycles. The molecule has 0 radical (unpaired) electrons. The third-order valence-electron chi connectivity index (χ3n) is 8.06. The molecule has 5 rings (SSSR count). The van der Waals surface area contributed by atoms with Crippen molar-refractivity contribution in [2.75, 3.05) is 12.3 Å². The number of hydrogen-bond donors (Lipinski definition) is 2. The summed E-state index contributed by atoms with van der Waals surface area (Å²) in [4.78, 5) is 11.9. The van der Waals surface area contributed by atoms with E-state index in [1.807, 2.05) is 13.8 Å². The maximum Gasteiger partial charge on any atom is 0.265 e. The monoisotopic (exact) mass is 371 g/mol. The summed E-state index contributed by atoms with van der Waals surface area (Å²) in [7, 11) is -4.08. The van der Waals surface area contributed by atoms with Gasteiger partial charge >= 0.3 is 0 Å². The highest BCUT2D eigenvalue weighted by molar-refractivity contribution is 7.85. The first-order valence-corrected chi connectivity index (χ1v) is 11.4. The van der Waals surface area contributed by atoms with Gasteiger partial charge in [-0.1, -0.05) is 26.7 Å². The number of fused-ring (bicyclic) bond motifs is 5. The van der Waals surface area contributed by atoms with Crippen LogP contribution in [0.5, 0.6) is 0 Å². The van der Waals surface area contributed by atoms with Crippen LogP contribution in [-0.4, -0.2) is 31.1 Å². The van der Waals surface area contributed by atoms with Crippen LogP contribution >= 0.6 is 0 Å². The Kier molecular flexibility index (Phi) is 5.10. The maximum absolute atomic E-state index is 11.9. The lowest BCUT2D eigenvalue weighted by Gasteiger charge is -2.41. The summed E-state index contributed by atoms with van der Waals surface area (Å²) < 4.78 is 31.0. The van der Waals surface area contributed by atoms with Crippen LogP contribution in [0.3, 0.4) is 0 Å². The van der Waals surface area contributed by atoms with Crippen molar-refractivity contribution in [2.24, 2.45) is 40.2 Å². The van der Waals surface area contributed by atoms with Gasteiger partial charge in [0.2, 0.25) is 0 Å². The fourth-order valence-corrected chi connectivity index (χ4v) is 7.52. The molecule has 0 heterocycles. The van der Waals surface area contributed by atoms with Crippen LogP contribution in [0.1, 0.15) is 65.2 Å². The molecule has 0 aliphatic heterocycles. The van der Waals surface area contributed by atoms with Crippen LogP contribution in [-0.2, 0) is 14.9 Å². The molecule has 5 saturated carbocycles. The lowest BCUT2D eigenvalue weighted by molar-refractivity contribution is -0.128. The van der Waals surface area contributed by atoms with E-state index in [1.54, 1.807) is 0 Å². The number of nitrogens with two attached hydrogens (primary N) is 1. The summed E-state index contributed by atoms with van der Waals surface area (Å²) in [5.74, 6) is 2.86. The van der Waals surface area contributed by atoms with Gasteiger partial charge in [0.1, 0.15) is 5.78 Å². The molecule has 6 heteroatoms. The Morgan fingerprint density at radius 3 is 2.12 bits per heavy atom. The van der Waals surface area contributed by atoms with E-state index in [-0.39, 0.29) is 17.1 Å². The SMILES string of the molecule is CC1(C)C2CCC1(CS(=O)(=O)O)C(=O)C2.NCC1CC2CCC1CC2. The molecule has 5 aliphatic rings. The molecule has 5 nitrogen and oxygen atoms in total. The average Bonchev–Trinajstić information content (AvgIpc) is 2.89. The largest absolute Gasteiger partial charge is 0.330 e. The molecular weight excluding hydrogens is 338 g/mol. The summed E-state index contributed by atoms with van der Waals surface area (Å²) in [5, 5.41) is 0. The number of rotatable bonds is 3. The highest BCUT2D eigenvalue weighted by Gasteiger charge is 2.65. The van der Waals surface area contributed by atoms with Crippen LogP contribution < -0.4 is 5.73 Å². The van der Waals surface area contributed by atoms with Crippen LogP contribution in [0.15, 0.2) is 0 Å². The standard InChI is InChI=1S/C10H16O4S.C9H17N/c1-9(2)7-3-4-10(9,8(11)5-7)6-15(12,13)14;10-6-9-5-7-1-3-8(9)4-2-7/h7H,3-6H2,1-2H3,(H,12,13,14);7-9H,1-6,10H2. The predicted octanol–water partition coefficient (Wildman–Crippen LogP) is 3.04. The third kappa shape index (κ3) is 3.42. The minimum atomic E-state index is -4.08. The second-order valence-electron chi connectivity index (χ2n) is 9.41. The zero-order valence-electron chi connectivity index (χ0n) is 15.5. The first-order valence-electron chi connectivity index (χ1n) is 9.77. The molecule has 3 N–H and O–H groups in total. The van der Waals surface area contributed by atoms with E-state index >= 15 is 0 Å². The zero-order valence-corrected chi connectivity index (χ0v) is 16.4. The predicted molar refractivity (Wildman–Crippen MR) is 97.6 cm³/mol. The fraction of sp³-hybridized carbons (Fsp3) is 0.947.